The molecule has 0 saturated heterocycles. The number of hydrogen-bond acceptors (Lipinski definition) is 4. The van der Waals surface area contributed by atoms with Crippen LogP contribution in [0.2, 0.25) is 0 Å². The Morgan fingerprint density at radius 3 is 2.27 bits per heavy atom. The van der Waals surface area contributed by atoms with E-state index < -0.39 is 34.3 Å². The van der Waals surface area contributed by atoms with Crippen LogP contribution in [-0.4, -0.2) is 43.8 Å². The minimum atomic E-state index is -4.23. The van der Waals surface area contributed by atoms with E-state index in [1.807, 2.05) is 31.2 Å². The second-order valence-electron chi connectivity index (χ2n) is 10.3. The molecule has 0 aromatic heterocycles. The number of sulfonamides is 1. The molecule has 3 aromatic rings. The van der Waals surface area contributed by atoms with Gasteiger partial charge in [0.05, 0.1) is 10.6 Å². The molecule has 0 aliphatic heterocycles. The van der Waals surface area contributed by atoms with Gasteiger partial charge in [-0.15, -0.1) is 0 Å². The number of hydrogen-bond donors (Lipinski definition) is 1. The summed E-state index contributed by atoms with van der Waals surface area (Å²) in [6.45, 7) is 3.23. The molecule has 0 unspecified atom stereocenters. The molecule has 1 saturated carbocycles. The molecule has 0 spiro atoms. The monoisotopic (exact) mass is 565 g/mol. The van der Waals surface area contributed by atoms with Gasteiger partial charge < -0.3 is 10.2 Å². The number of anilines is 1. The molecule has 0 bridgehead atoms. The predicted molar refractivity (Wildman–Crippen MR) is 154 cm³/mol. The van der Waals surface area contributed by atoms with Gasteiger partial charge in [0.25, 0.3) is 10.0 Å². The zero-order valence-corrected chi connectivity index (χ0v) is 23.7. The second kappa shape index (κ2) is 13.1. The van der Waals surface area contributed by atoms with E-state index in [1.165, 1.54) is 17.0 Å². The van der Waals surface area contributed by atoms with E-state index in [2.05, 4.69) is 5.32 Å². The average molecular weight is 566 g/mol. The molecule has 2 amide bonds. The highest BCUT2D eigenvalue weighted by atomic mass is 32.2. The van der Waals surface area contributed by atoms with E-state index in [0.29, 0.717) is 0 Å². The minimum Gasteiger partial charge on any atom is -0.352 e. The first-order valence-electron chi connectivity index (χ1n) is 13.6. The number of para-hydroxylation sites is 1. The molecule has 7 nitrogen and oxygen atoms in total. The van der Waals surface area contributed by atoms with Gasteiger partial charge in [0, 0.05) is 12.6 Å². The fraction of sp³-hybridized carbons (Fsp3) is 0.355. The van der Waals surface area contributed by atoms with Crippen molar-refractivity contribution in [1.29, 1.82) is 0 Å². The molecule has 212 valence electrons. The summed E-state index contributed by atoms with van der Waals surface area (Å²) < 4.78 is 42.0. The van der Waals surface area contributed by atoms with Gasteiger partial charge in [-0.3, -0.25) is 13.9 Å². The van der Waals surface area contributed by atoms with Crippen molar-refractivity contribution in [3.63, 3.8) is 0 Å². The van der Waals surface area contributed by atoms with E-state index in [-0.39, 0.29) is 29.1 Å². The number of halogens is 1. The van der Waals surface area contributed by atoms with Gasteiger partial charge in [-0.05, 0) is 68.7 Å². The molecular formula is C31H36FN3O4S. The van der Waals surface area contributed by atoms with Crippen LogP contribution in [-0.2, 0) is 26.2 Å². The number of rotatable bonds is 10. The summed E-state index contributed by atoms with van der Waals surface area (Å²) in [4.78, 5) is 28.6. The number of carbonyl (C=O) groups excluding carboxylic acids is 2. The van der Waals surface area contributed by atoms with Crippen LogP contribution < -0.4 is 9.62 Å². The zero-order valence-electron chi connectivity index (χ0n) is 22.9. The Labute approximate surface area is 236 Å². The summed E-state index contributed by atoms with van der Waals surface area (Å²) in [5.41, 5.74) is 2.13. The van der Waals surface area contributed by atoms with Crippen LogP contribution in [0.4, 0.5) is 10.1 Å². The van der Waals surface area contributed by atoms with Crippen molar-refractivity contribution in [3.8, 4) is 0 Å². The maximum absolute atomic E-state index is 14.0. The van der Waals surface area contributed by atoms with Crippen molar-refractivity contribution in [2.75, 3.05) is 10.8 Å². The van der Waals surface area contributed by atoms with Crippen LogP contribution in [0.3, 0.4) is 0 Å². The molecule has 1 fully saturated rings. The molecule has 4 rings (SSSR count). The summed E-state index contributed by atoms with van der Waals surface area (Å²) in [5.74, 6) is -1.36. The lowest BCUT2D eigenvalue weighted by Crippen LogP contribution is -2.53. The topological polar surface area (TPSA) is 86.8 Å². The van der Waals surface area contributed by atoms with Gasteiger partial charge in [0.1, 0.15) is 18.4 Å². The first-order chi connectivity index (χ1) is 19.1. The third-order valence-corrected chi connectivity index (χ3v) is 9.07. The molecule has 0 radical (unpaired) electrons. The normalized spacial score (nSPS) is 14.8. The Balaban J connectivity index is 1.65. The summed E-state index contributed by atoms with van der Waals surface area (Å²) >= 11 is 0. The maximum atomic E-state index is 14.0. The first-order valence-corrected chi connectivity index (χ1v) is 15.1. The number of benzene rings is 3. The van der Waals surface area contributed by atoms with E-state index in [9.17, 15) is 22.4 Å². The van der Waals surface area contributed by atoms with Gasteiger partial charge in [0.2, 0.25) is 11.8 Å². The highest BCUT2D eigenvalue weighted by Crippen LogP contribution is 2.25. The Kier molecular flexibility index (Phi) is 9.58. The Morgan fingerprint density at radius 1 is 0.950 bits per heavy atom. The minimum absolute atomic E-state index is 0.0688. The Morgan fingerprint density at radius 2 is 1.62 bits per heavy atom. The Bertz CT molecular complexity index is 1410. The SMILES string of the molecule is Cc1cccc(CN(C(=O)CN(c2ccccc2)S(=O)(=O)c2ccc(F)cc2)[C@H](C)C(=O)NC2CCCCC2)c1. The third-order valence-electron chi connectivity index (χ3n) is 7.28. The quantitative estimate of drug-likeness (QED) is 0.366. The lowest BCUT2D eigenvalue weighted by atomic mass is 9.95. The van der Waals surface area contributed by atoms with Crippen LogP contribution in [0, 0.1) is 12.7 Å². The Hall–Kier alpha value is -3.72. The third kappa shape index (κ3) is 7.27. The van der Waals surface area contributed by atoms with Crippen molar-refractivity contribution >= 4 is 27.5 Å². The summed E-state index contributed by atoms with van der Waals surface area (Å²) in [6.07, 6.45) is 5.07. The molecule has 9 heteroatoms. The van der Waals surface area contributed by atoms with Crippen molar-refractivity contribution < 1.29 is 22.4 Å². The van der Waals surface area contributed by atoms with Crippen LogP contribution in [0.15, 0.2) is 83.8 Å². The highest BCUT2D eigenvalue weighted by molar-refractivity contribution is 7.92. The smallest absolute Gasteiger partial charge is 0.264 e. The summed E-state index contributed by atoms with van der Waals surface area (Å²) in [7, 11) is -4.23. The average Bonchev–Trinajstić information content (AvgIpc) is 2.95. The molecule has 40 heavy (non-hydrogen) atoms. The van der Waals surface area contributed by atoms with Crippen molar-refractivity contribution in [3.05, 3.63) is 95.8 Å². The fourth-order valence-electron chi connectivity index (χ4n) is 5.02. The number of nitrogens with one attached hydrogen (secondary N) is 1. The summed E-state index contributed by atoms with van der Waals surface area (Å²) in [5, 5.41) is 3.10. The number of carbonyl (C=O) groups is 2. The lowest BCUT2D eigenvalue weighted by Gasteiger charge is -2.33. The van der Waals surface area contributed by atoms with Gasteiger partial charge in [-0.1, -0.05) is 67.3 Å². The fourth-order valence-corrected chi connectivity index (χ4v) is 6.43. The van der Waals surface area contributed by atoms with Gasteiger partial charge in [0.15, 0.2) is 0 Å². The van der Waals surface area contributed by atoms with Gasteiger partial charge in [-0.25, -0.2) is 12.8 Å². The zero-order chi connectivity index (χ0) is 28.7. The van der Waals surface area contributed by atoms with Crippen LogP contribution in [0.5, 0.6) is 0 Å². The van der Waals surface area contributed by atoms with Crippen LogP contribution in [0.1, 0.15) is 50.2 Å². The van der Waals surface area contributed by atoms with Gasteiger partial charge in [-0.2, -0.15) is 0 Å². The largest absolute Gasteiger partial charge is 0.352 e. The molecule has 0 heterocycles. The number of nitrogens with zero attached hydrogens (tertiary/aromatic N) is 2. The van der Waals surface area contributed by atoms with E-state index in [4.69, 9.17) is 0 Å². The van der Waals surface area contributed by atoms with Crippen molar-refractivity contribution in [2.45, 2.75) is 69.5 Å². The maximum Gasteiger partial charge on any atom is 0.264 e. The predicted octanol–water partition coefficient (Wildman–Crippen LogP) is 5.20. The molecule has 3 aromatic carbocycles. The van der Waals surface area contributed by atoms with Crippen molar-refractivity contribution in [1.82, 2.24) is 10.2 Å². The molecule has 1 aliphatic rings. The standard InChI is InChI=1S/C31H36FN3O4S/c1-23-10-9-11-25(20-23)21-34(24(2)31(37)33-27-12-5-3-6-13-27)30(36)22-35(28-14-7-4-8-15-28)40(38,39)29-18-16-26(32)17-19-29/h4,7-11,14-20,24,27H,3,5-6,12-13,21-22H2,1-2H3,(H,33,37)/t24-/m1/s1. The van der Waals surface area contributed by atoms with E-state index >= 15 is 0 Å². The number of amides is 2. The molecule has 1 N–H and O–H groups in total. The first kappa shape index (κ1) is 29.3. The molecular weight excluding hydrogens is 529 g/mol. The van der Waals surface area contributed by atoms with Crippen molar-refractivity contribution in [2.24, 2.45) is 0 Å². The lowest BCUT2D eigenvalue weighted by molar-refractivity contribution is -0.139. The number of aryl methyl sites for hydroxylation is 1. The highest BCUT2D eigenvalue weighted by Gasteiger charge is 2.33. The summed E-state index contributed by atoms with van der Waals surface area (Å²) in [6, 6.07) is 19.7. The van der Waals surface area contributed by atoms with Gasteiger partial charge >= 0.3 is 0 Å². The van der Waals surface area contributed by atoms with Crippen LogP contribution in [0.25, 0.3) is 0 Å². The molecule has 1 atom stereocenters. The molecule has 1 aliphatic carbocycles. The second-order valence-corrected chi connectivity index (χ2v) is 12.2. The van der Waals surface area contributed by atoms with Crippen LogP contribution >= 0.6 is 0 Å². The van der Waals surface area contributed by atoms with E-state index in [1.54, 1.807) is 37.3 Å². The van der Waals surface area contributed by atoms with E-state index in [0.717, 1.165) is 59.7 Å².